The van der Waals surface area contributed by atoms with Gasteiger partial charge in [0.2, 0.25) is 0 Å². The Morgan fingerprint density at radius 3 is 1.82 bits per heavy atom. The van der Waals surface area contributed by atoms with Gasteiger partial charge in [0.1, 0.15) is 18.1 Å². The number of piperazine rings is 1. The quantitative estimate of drug-likeness (QED) is 0.537. The molecule has 7 nitrogen and oxygen atoms in total. The summed E-state index contributed by atoms with van der Waals surface area (Å²) in [7, 11) is 0. The minimum absolute atomic E-state index is 0.0159. The fourth-order valence-electron chi connectivity index (χ4n) is 4.05. The van der Waals surface area contributed by atoms with Crippen LogP contribution in [0.2, 0.25) is 0 Å². The van der Waals surface area contributed by atoms with Gasteiger partial charge < -0.3 is 19.1 Å². The Morgan fingerprint density at radius 2 is 1.38 bits per heavy atom. The first-order valence-corrected chi connectivity index (χ1v) is 11.7. The molecule has 1 aliphatic heterocycles. The molecule has 1 saturated heterocycles. The van der Waals surface area contributed by atoms with Crippen LogP contribution in [0.1, 0.15) is 63.1 Å². The van der Waals surface area contributed by atoms with Gasteiger partial charge in [-0.05, 0) is 61.7 Å². The molecule has 0 atom stereocenters. The number of carbonyl (C=O) groups excluding carboxylic acids is 2. The fourth-order valence-corrected chi connectivity index (χ4v) is 4.05. The molecular weight excluding hydrogens is 430 g/mol. The summed E-state index contributed by atoms with van der Waals surface area (Å²) in [6.45, 7) is 10.4. The van der Waals surface area contributed by atoms with Crippen molar-refractivity contribution in [1.82, 2.24) is 15.0 Å². The van der Waals surface area contributed by atoms with Gasteiger partial charge in [-0.3, -0.25) is 9.59 Å². The fraction of sp³-hybridized carbons (Fsp3) is 0.370. The summed E-state index contributed by atoms with van der Waals surface area (Å²) in [4.78, 5) is 29.4. The van der Waals surface area contributed by atoms with Gasteiger partial charge in [0.15, 0.2) is 0 Å². The van der Waals surface area contributed by atoms with Crippen LogP contribution in [0.15, 0.2) is 53.1 Å². The second-order valence-corrected chi connectivity index (χ2v) is 8.98. The smallest absolute Gasteiger partial charge is 0.253 e. The molecule has 1 aliphatic rings. The van der Waals surface area contributed by atoms with Crippen LogP contribution in [0.25, 0.3) is 0 Å². The average molecular weight is 462 g/mol. The van der Waals surface area contributed by atoms with E-state index in [0.29, 0.717) is 55.6 Å². The Kier molecular flexibility index (Phi) is 7.01. The highest BCUT2D eigenvalue weighted by molar-refractivity contribution is 5.96. The van der Waals surface area contributed by atoms with Crippen LogP contribution in [-0.4, -0.2) is 52.9 Å². The number of nitrogens with zero attached hydrogens (tertiary/aromatic N) is 3. The summed E-state index contributed by atoms with van der Waals surface area (Å²) < 4.78 is 11.0. The number of carbonyl (C=O) groups is 2. The Morgan fingerprint density at radius 1 is 0.882 bits per heavy atom. The van der Waals surface area contributed by atoms with Gasteiger partial charge in [0, 0.05) is 37.3 Å². The number of aromatic nitrogens is 1. The van der Waals surface area contributed by atoms with E-state index in [-0.39, 0.29) is 11.8 Å². The maximum Gasteiger partial charge on any atom is 0.253 e. The van der Waals surface area contributed by atoms with Crippen LogP contribution >= 0.6 is 0 Å². The lowest BCUT2D eigenvalue weighted by molar-refractivity contribution is 0.0535. The second-order valence-electron chi connectivity index (χ2n) is 8.98. The van der Waals surface area contributed by atoms with E-state index in [1.165, 1.54) is 5.56 Å². The van der Waals surface area contributed by atoms with Crippen LogP contribution < -0.4 is 4.74 Å². The summed E-state index contributed by atoms with van der Waals surface area (Å²) in [6.07, 6.45) is 0. The number of amides is 2. The minimum atomic E-state index is -0.0364. The van der Waals surface area contributed by atoms with Gasteiger partial charge in [-0.25, -0.2) is 0 Å². The zero-order valence-electron chi connectivity index (χ0n) is 20.2. The number of hydrogen-bond donors (Lipinski definition) is 0. The van der Waals surface area contributed by atoms with Crippen molar-refractivity contribution < 1.29 is 18.8 Å². The highest BCUT2D eigenvalue weighted by Crippen LogP contribution is 2.20. The number of rotatable bonds is 6. The summed E-state index contributed by atoms with van der Waals surface area (Å²) in [5.74, 6) is 1.83. The Labute approximate surface area is 200 Å². The molecule has 0 radical (unpaired) electrons. The molecule has 1 fully saturated rings. The third kappa shape index (κ3) is 5.14. The van der Waals surface area contributed by atoms with E-state index < -0.39 is 0 Å². The van der Waals surface area contributed by atoms with Crippen LogP contribution in [-0.2, 0) is 6.61 Å². The third-order valence-corrected chi connectivity index (χ3v) is 6.34. The van der Waals surface area contributed by atoms with Gasteiger partial charge in [-0.15, -0.1) is 0 Å². The summed E-state index contributed by atoms with van der Waals surface area (Å²) in [5.41, 5.74) is 4.26. The summed E-state index contributed by atoms with van der Waals surface area (Å²) in [6, 6.07) is 15.0. The van der Waals surface area contributed by atoms with Gasteiger partial charge >= 0.3 is 0 Å². The van der Waals surface area contributed by atoms with Crippen LogP contribution in [0.4, 0.5) is 0 Å². The van der Waals surface area contributed by atoms with Crippen molar-refractivity contribution in [3.05, 3.63) is 82.2 Å². The van der Waals surface area contributed by atoms with Gasteiger partial charge in [0.05, 0.1) is 11.3 Å². The highest BCUT2D eigenvalue weighted by atomic mass is 16.5. The lowest BCUT2D eigenvalue weighted by Gasteiger charge is -2.35. The van der Waals surface area contributed by atoms with Crippen LogP contribution in [0.5, 0.6) is 5.75 Å². The predicted molar refractivity (Wildman–Crippen MR) is 129 cm³/mol. The van der Waals surface area contributed by atoms with Crippen molar-refractivity contribution in [2.24, 2.45) is 0 Å². The largest absolute Gasteiger partial charge is 0.489 e. The molecular formula is C27H31N3O4. The first kappa shape index (κ1) is 23.5. The molecule has 0 unspecified atom stereocenters. The van der Waals surface area contributed by atoms with Crippen LogP contribution in [0.3, 0.4) is 0 Å². The molecule has 2 heterocycles. The summed E-state index contributed by atoms with van der Waals surface area (Å²) in [5, 5.41) is 3.93. The molecule has 7 heteroatoms. The lowest BCUT2D eigenvalue weighted by Crippen LogP contribution is -2.50. The van der Waals surface area contributed by atoms with E-state index in [4.69, 9.17) is 9.26 Å². The zero-order chi connectivity index (χ0) is 24.2. The lowest BCUT2D eigenvalue weighted by atomic mass is 10.0. The maximum atomic E-state index is 13.0. The number of ether oxygens (including phenoxy) is 1. The SMILES string of the molecule is Cc1noc(C)c1COc1ccc(C(=O)N2CCN(C(=O)c3ccc(C(C)C)cc3)CC2)cc1. The Hall–Kier alpha value is -3.61. The molecule has 34 heavy (non-hydrogen) atoms. The Balaban J connectivity index is 1.30. The van der Waals surface area contributed by atoms with E-state index >= 15 is 0 Å². The molecule has 0 spiro atoms. The summed E-state index contributed by atoms with van der Waals surface area (Å²) >= 11 is 0. The molecule has 178 valence electrons. The molecule has 3 aromatic rings. The van der Waals surface area contributed by atoms with E-state index in [9.17, 15) is 9.59 Å². The maximum absolute atomic E-state index is 13.0. The highest BCUT2D eigenvalue weighted by Gasteiger charge is 2.25. The van der Waals surface area contributed by atoms with E-state index in [1.54, 1.807) is 29.2 Å². The number of benzene rings is 2. The van der Waals surface area contributed by atoms with Gasteiger partial charge in [0.25, 0.3) is 11.8 Å². The number of aryl methyl sites for hydroxylation is 2. The van der Waals surface area contributed by atoms with Crippen molar-refractivity contribution in [3.63, 3.8) is 0 Å². The second kappa shape index (κ2) is 10.1. The first-order chi connectivity index (χ1) is 16.3. The normalized spacial score (nSPS) is 13.9. The third-order valence-electron chi connectivity index (χ3n) is 6.34. The van der Waals surface area contributed by atoms with E-state index in [0.717, 1.165) is 17.0 Å². The monoisotopic (exact) mass is 461 g/mol. The predicted octanol–water partition coefficient (Wildman–Crippen LogP) is 4.59. The molecule has 2 aromatic carbocycles. The Bertz CT molecular complexity index is 1120. The van der Waals surface area contributed by atoms with Crippen LogP contribution in [0, 0.1) is 13.8 Å². The van der Waals surface area contributed by atoms with E-state index in [2.05, 4.69) is 19.0 Å². The molecule has 0 aliphatic carbocycles. The number of hydrogen-bond acceptors (Lipinski definition) is 5. The van der Waals surface area contributed by atoms with Crippen molar-refractivity contribution in [1.29, 1.82) is 0 Å². The van der Waals surface area contributed by atoms with Gasteiger partial charge in [-0.1, -0.05) is 31.1 Å². The topological polar surface area (TPSA) is 75.9 Å². The van der Waals surface area contributed by atoms with Gasteiger partial charge in [-0.2, -0.15) is 0 Å². The molecule has 1 aromatic heterocycles. The van der Waals surface area contributed by atoms with Crippen molar-refractivity contribution in [2.75, 3.05) is 26.2 Å². The molecule has 2 amide bonds. The molecule has 0 bridgehead atoms. The zero-order valence-corrected chi connectivity index (χ0v) is 20.2. The van der Waals surface area contributed by atoms with Crippen molar-refractivity contribution in [3.8, 4) is 5.75 Å². The minimum Gasteiger partial charge on any atom is -0.489 e. The van der Waals surface area contributed by atoms with Crippen molar-refractivity contribution in [2.45, 2.75) is 40.2 Å². The first-order valence-electron chi connectivity index (χ1n) is 11.7. The molecule has 0 N–H and O–H groups in total. The average Bonchev–Trinajstić information content (AvgIpc) is 3.19. The molecule has 4 rings (SSSR count). The molecule has 0 saturated carbocycles. The van der Waals surface area contributed by atoms with Crippen molar-refractivity contribution >= 4 is 11.8 Å². The van der Waals surface area contributed by atoms with E-state index in [1.807, 2.05) is 43.0 Å². The standard InChI is InChI=1S/C27H31N3O4/c1-18(2)21-5-7-22(8-6-21)26(31)29-13-15-30(16-14-29)27(32)23-9-11-24(12-10-23)33-17-25-19(3)28-34-20(25)4/h5-12,18H,13-17H2,1-4H3.